The lowest BCUT2D eigenvalue weighted by Crippen LogP contribution is -2.16. The Hall–Kier alpha value is -0.720. The molecule has 0 bridgehead atoms. The topological polar surface area (TPSA) is 52.6 Å². The molecule has 1 heterocycles. The SMILES string of the molecule is O=S(=O)(Cl)Cc1cc2c(c(Cl)c1F)OCCO2. The highest BCUT2D eigenvalue weighted by atomic mass is 35.7. The van der Waals surface area contributed by atoms with Crippen LogP contribution in [0, 0.1) is 5.82 Å². The van der Waals surface area contributed by atoms with E-state index in [0.717, 1.165) is 0 Å². The van der Waals surface area contributed by atoms with Gasteiger partial charge in [-0.3, -0.25) is 0 Å². The standard InChI is InChI=1S/C9H7Cl2FO4S/c10-7-8(12)5(4-17(11,13)14)3-6-9(7)16-2-1-15-6/h3H,1-2,4H2. The third-order valence-corrected chi connectivity index (χ3v) is 3.44. The van der Waals surface area contributed by atoms with Crippen LogP contribution in [0.2, 0.25) is 5.02 Å². The van der Waals surface area contributed by atoms with E-state index in [0.29, 0.717) is 6.61 Å². The second-order valence-electron chi connectivity index (χ2n) is 3.37. The summed E-state index contributed by atoms with van der Waals surface area (Å²) in [5, 5.41) is -0.294. The van der Waals surface area contributed by atoms with Crippen molar-refractivity contribution in [2.24, 2.45) is 0 Å². The van der Waals surface area contributed by atoms with E-state index in [9.17, 15) is 12.8 Å². The van der Waals surface area contributed by atoms with Gasteiger partial charge in [-0.1, -0.05) is 11.6 Å². The van der Waals surface area contributed by atoms with Crippen LogP contribution in [0.1, 0.15) is 5.56 Å². The molecule has 2 rings (SSSR count). The van der Waals surface area contributed by atoms with Gasteiger partial charge in [-0.15, -0.1) is 0 Å². The highest BCUT2D eigenvalue weighted by Gasteiger charge is 2.24. The number of hydrogen-bond donors (Lipinski definition) is 0. The Balaban J connectivity index is 2.51. The molecule has 1 aromatic rings. The first kappa shape index (κ1) is 12.7. The molecule has 1 aliphatic heterocycles. The Labute approximate surface area is 107 Å². The Morgan fingerprint density at radius 1 is 1.35 bits per heavy atom. The second kappa shape index (κ2) is 4.51. The van der Waals surface area contributed by atoms with Crippen molar-refractivity contribution in [3.8, 4) is 11.5 Å². The molecule has 0 atom stereocenters. The van der Waals surface area contributed by atoms with Gasteiger partial charge in [0.05, 0.1) is 5.75 Å². The molecule has 17 heavy (non-hydrogen) atoms. The van der Waals surface area contributed by atoms with Crippen LogP contribution in [0.5, 0.6) is 11.5 Å². The van der Waals surface area contributed by atoms with E-state index in [1.807, 2.05) is 0 Å². The Morgan fingerprint density at radius 3 is 2.65 bits per heavy atom. The maximum atomic E-state index is 13.7. The Morgan fingerprint density at radius 2 is 2.00 bits per heavy atom. The summed E-state index contributed by atoms with van der Waals surface area (Å²) in [5.41, 5.74) is -0.144. The first-order valence-corrected chi connectivity index (χ1v) is 7.43. The van der Waals surface area contributed by atoms with Crippen molar-refractivity contribution in [1.82, 2.24) is 0 Å². The van der Waals surface area contributed by atoms with Crippen LogP contribution >= 0.6 is 22.3 Å². The molecule has 0 saturated carbocycles. The van der Waals surface area contributed by atoms with Gasteiger partial charge >= 0.3 is 0 Å². The van der Waals surface area contributed by atoms with Crippen molar-refractivity contribution in [2.45, 2.75) is 5.75 Å². The van der Waals surface area contributed by atoms with Crippen molar-refractivity contribution in [3.63, 3.8) is 0 Å². The Kier molecular flexibility index (Phi) is 3.38. The number of fused-ring (bicyclic) bond motifs is 1. The van der Waals surface area contributed by atoms with Crippen LogP contribution < -0.4 is 9.47 Å². The van der Waals surface area contributed by atoms with Crippen LogP contribution in [-0.4, -0.2) is 21.6 Å². The molecule has 8 heteroatoms. The lowest BCUT2D eigenvalue weighted by Gasteiger charge is -2.20. The molecule has 1 aliphatic rings. The fraction of sp³-hybridized carbons (Fsp3) is 0.333. The lowest BCUT2D eigenvalue weighted by atomic mass is 10.2. The highest BCUT2D eigenvalue weighted by Crippen LogP contribution is 2.41. The van der Waals surface area contributed by atoms with Crippen LogP contribution in [0.25, 0.3) is 0 Å². The molecule has 0 N–H and O–H groups in total. The van der Waals surface area contributed by atoms with Crippen molar-refractivity contribution in [1.29, 1.82) is 0 Å². The average molecular weight is 301 g/mol. The van der Waals surface area contributed by atoms with Gasteiger partial charge in [0.1, 0.15) is 24.1 Å². The predicted octanol–water partition coefficient (Wildman–Crippen LogP) is 2.32. The van der Waals surface area contributed by atoms with Gasteiger partial charge in [0.25, 0.3) is 0 Å². The van der Waals surface area contributed by atoms with Crippen LogP contribution in [0.3, 0.4) is 0 Å². The molecular weight excluding hydrogens is 294 g/mol. The fourth-order valence-corrected chi connectivity index (χ4v) is 2.67. The second-order valence-corrected chi connectivity index (χ2v) is 6.53. The lowest BCUT2D eigenvalue weighted by molar-refractivity contribution is 0.170. The van der Waals surface area contributed by atoms with Crippen LogP contribution in [0.4, 0.5) is 4.39 Å². The van der Waals surface area contributed by atoms with E-state index in [4.69, 9.17) is 31.8 Å². The normalized spacial score (nSPS) is 14.8. The highest BCUT2D eigenvalue weighted by molar-refractivity contribution is 8.13. The van der Waals surface area contributed by atoms with Gasteiger partial charge in [0.2, 0.25) is 9.05 Å². The van der Waals surface area contributed by atoms with Crippen LogP contribution in [-0.2, 0) is 14.8 Å². The van der Waals surface area contributed by atoms with Gasteiger partial charge in [0, 0.05) is 16.2 Å². The van der Waals surface area contributed by atoms with E-state index in [1.165, 1.54) is 6.07 Å². The molecule has 0 fully saturated rings. The molecule has 94 valence electrons. The fourth-order valence-electron chi connectivity index (χ4n) is 1.46. The summed E-state index contributed by atoms with van der Waals surface area (Å²) in [6.45, 7) is 0.557. The number of halogens is 3. The first-order valence-electron chi connectivity index (χ1n) is 4.57. The molecule has 0 aromatic heterocycles. The van der Waals surface area contributed by atoms with Crippen molar-refractivity contribution < 1.29 is 22.3 Å². The van der Waals surface area contributed by atoms with E-state index < -0.39 is 20.6 Å². The molecule has 0 radical (unpaired) electrons. The van der Waals surface area contributed by atoms with E-state index in [1.54, 1.807) is 0 Å². The Bertz CT molecular complexity index is 559. The maximum Gasteiger partial charge on any atom is 0.236 e. The average Bonchev–Trinajstić information content (AvgIpc) is 2.24. The number of ether oxygens (including phenoxy) is 2. The summed E-state index contributed by atoms with van der Waals surface area (Å²) in [7, 11) is 1.20. The van der Waals surface area contributed by atoms with Crippen molar-refractivity contribution >= 4 is 31.3 Å². The minimum Gasteiger partial charge on any atom is -0.486 e. The third kappa shape index (κ3) is 2.75. The monoisotopic (exact) mass is 300 g/mol. The maximum absolute atomic E-state index is 13.7. The van der Waals surface area contributed by atoms with Gasteiger partial charge < -0.3 is 9.47 Å². The van der Waals surface area contributed by atoms with Gasteiger partial charge in [0.15, 0.2) is 11.5 Å². The zero-order chi connectivity index (χ0) is 12.6. The van der Waals surface area contributed by atoms with Gasteiger partial charge in [-0.25, -0.2) is 12.8 Å². The molecule has 0 aliphatic carbocycles. The quantitative estimate of drug-likeness (QED) is 0.787. The molecular formula is C9H7Cl2FO4S. The zero-order valence-electron chi connectivity index (χ0n) is 8.37. The summed E-state index contributed by atoms with van der Waals surface area (Å²) in [6, 6.07) is 1.23. The van der Waals surface area contributed by atoms with Crippen molar-refractivity contribution in [2.75, 3.05) is 13.2 Å². The molecule has 1 aromatic carbocycles. The van der Waals surface area contributed by atoms with Crippen molar-refractivity contribution in [3.05, 3.63) is 22.5 Å². The summed E-state index contributed by atoms with van der Waals surface area (Å²) >= 11 is 5.73. The zero-order valence-corrected chi connectivity index (χ0v) is 10.7. The summed E-state index contributed by atoms with van der Waals surface area (Å²) in [4.78, 5) is 0. The number of rotatable bonds is 2. The van der Waals surface area contributed by atoms with E-state index >= 15 is 0 Å². The number of benzene rings is 1. The number of hydrogen-bond acceptors (Lipinski definition) is 4. The largest absolute Gasteiger partial charge is 0.486 e. The molecule has 0 saturated heterocycles. The molecule has 0 unspecified atom stereocenters. The van der Waals surface area contributed by atoms with Gasteiger partial charge in [-0.05, 0) is 6.07 Å². The van der Waals surface area contributed by atoms with E-state index in [2.05, 4.69) is 0 Å². The minimum absolute atomic E-state index is 0.0890. The first-order chi connectivity index (χ1) is 7.88. The molecule has 4 nitrogen and oxygen atoms in total. The molecule has 0 spiro atoms. The summed E-state index contributed by atoms with van der Waals surface area (Å²) < 4.78 is 45.9. The summed E-state index contributed by atoms with van der Waals surface area (Å²) in [5.74, 6) is -1.21. The van der Waals surface area contributed by atoms with E-state index in [-0.39, 0.29) is 28.7 Å². The smallest absolute Gasteiger partial charge is 0.236 e. The predicted molar refractivity (Wildman–Crippen MR) is 60.9 cm³/mol. The van der Waals surface area contributed by atoms with Crippen LogP contribution in [0.15, 0.2) is 6.07 Å². The minimum atomic E-state index is -3.87. The third-order valence-electron chi connectivity index (χ3n) is 2.12. The van der Waals surface area contributed by atoms with Gasteiger partial charge in [-0.2, -0.15) is 0 Å². The molecule has 0 amide bonds. The summed E-state index contributed by atoms with van der Waals surface area (Å²) in [6.07, 6.45) is 0.